The summed E-state index contributed by atoms with van der Waals surface area (Å²) in [4.78, 5) is 4.25. The average molecular weight is 269 g/mol. The molecular formula is C10H15N5S2. The molecule has 0 saturated carbocycles. The minimum absolute atomic E-state index is 0.816. The van der Waals surface area contributed by atoms with Crippen LogP contribution in [0.4, 0.5) is 5.13 Å². The van der Waals surface area contributed by atoms with Gasteiger partial charge in [-0.05, 0) is 6.42 Å². The van der Waals surface area contributed by atoms with Crippen molar-refractivity contribution in [1.82, 2.24) is 19.7 Å². The fourth-order valence-electron chi connectivity index (χ4n) is 1.23. The van der Waals surface area contributed by atoms with Gasteiger partial charge in [-0.15, -0.1) is 10.2 Å². The number of aromatic nitrogens is 4. The highest BCUT2D eigenvalue weighted by Gasteiger charge is 2.06. The number of imidazole rings is 1. The second-order valence-electron chi connectivity index (χ2n) is 3.54. The molecule has 7 heteroatoms. The van der Waals surface area contributed by atoms with Crippen LogP contribution in [0.2, 0.25) is 0 Å². The standard InChI is InChI=1S/C10H15N5S2/c1-3-4-11-9-14-13-8(17-9)7-16-10-12-5-6-15(10)2/h5-6H,3-4,7H2,1-2H3,(H,11,14). The average Bonchev–Trinajstić information content (AvgIpc) is 2.93. The van der Waals surface area contributed by atoms with E-state index in [0.29, 0.717) is 0 Å². The summed E-state index contributed by atoms with van der Waals surface area (Å²) in [6.45, 7) is 3.08. The Morgan fingerprint density at radius 3 is 3.06 bits per heavy atom. The van der Waals surface area contributed by atoms with E-state index in [4.69, 9.17) is 0 Å². The van der Waals surface area contributed by atoms with Crippen LogP contribution in [0.3, 0.4) is 0 Å². The first-order valence-electron chi connectivity index (χ1n) is 5.46. The van der Waals surface area contributed by atoms with Gasteiger partial charge < -0.3 is 9.88 Å². The smallest absolute Gasteiger partial charge is 0.205 e. The minimum atomic E-state index is 0.816. The van der Waals surface area contributed by atoms with E-state index in [2.05, 4.69) is 27.4 Å². The van der Waals surface area contributed by atoms with Crippen LogP contribution in [-0.2, 0) is 12.8 Å². The maximum atomic E-state index is 4.25. The van der Waals surface area contributed by atoms with Gasteiger partial charge >= 0.3 is 0 Å². The molecule has 17 heavy (non-hydrogen) atoms. The first kappa shape index (κ1) is 12.4. The van der Waals surface area contributed by atoms with E-state index in [1.54, 1.807) is 29.3 Å². The molecule has 2 aromatic rings. The number of thioether (sulfide) groups is 1. The second kappa shape index (κ2) is 6.02. The lowest BCUT2D eigenvalue weighted by Crippen LogP contribution is -1.98. The van der Waals surface area contributed by atoms with E-state index < -0.39 is 0 Å². The molecular weight excluding hydrogens is 254 g/mol. The third-order valence-electron chi connectivity index (χ3n) is 2.09. The minimum Gasteiger partial charge on any atom is -0.360 e. The number of hydrogen-bond acceptors (Lipinski definition) is 6. The Balaban J connectivity index is 1.87. The summed E-state index contributed by atoms with van der Waals surface area (Å²) in [5.41, 5.74) is 0. The molecule has 0 spiro atoms. The Morgan fingerprint density at radius 1 is 1.47 bits per heavy atom. The molecule has 5 nitrogen and oxygen atoms in total. The normalized spacial score (nSPS) is 10.7. The quantitative estimate of drug-likeness (QED) is 0.816. The zero-order valence-corrected chi connectivity index (χ0v) is 11.5. The molecule has 0 fully saturated rings. The van der Waals surface area contributed by atoms with Gasteiger partial charge in [0.05, 0.1) is 5.75 Å². The molecule has 0 aliphatic rings. The van der Waals surface area contributed by atoms with Crippen LogP contribution < -0.4 is 5.32 Å². The molecule has 2 heterocycles. The lowest BCUT2D eigenvalue weighted by molar-refractivity contribution is 0.789. The van der Waals surface area contributed by atoms with Gasteiger partial charge in [0.2, 0.25) is 5.13 Å². The van der Waals surface area contributed by atoms with E-state index >= 15 is 0 Å². The molecule has 0 unspecified atom stereocenters. The van der Waals surface area contributed by atoms with Crippen molar-refractivity contribution in [3.05, 3.63) is 17.4 Å². The van der Waals surface area contributed by atoms with Crippen molar-refractivity contribution in [2.45, 2.75) is 24.3 Å². The van der Waals surface area contributed by atoms with E-state index in [9.17, 15) is 0 Å². The molecule has 0 aliphatic heterocycles. The highest BCUT2D eigenvalue weighted by molar-refractivity contribution is 7.98. The molecule has 92 valence electrons. The van der Waals surface area contributed by atoms with Crippen molar-refractivity contribution in [3.8, 4) is 0 Å². The monoisotopic (exact) mass is 269 g/mol. The number of rotatable bonds is 6. The molecule has 0 bridgehead atoms. The predicted octanol–water partition coefficient (Wildman–Crippen LogP) is 2.39. The van der Waals surface area contributed by atoms with Crippen molar-refractivity contribution >= 4 is 28.2 Å². The number of aryl methyl sites for hydroxylation is 1. The summed E-state index contributed by atoms with van der Waals surface area (Å²) < 4.78 is 2.00. The summed E-state index contributed by atoms with van der Waals surface area (Å²) in [6, 6.07) is 0. The van der Waals surface area contributed by atoms with Gasteiger partial charge in [0.15, 0.2) is 5.16 Å². The zero-order valence-electron chi connectivity index (χ0n) is 9.88. The van der Waals surface area contributed by atoms with E-state index in [-0.39, 0.29) is 0 Å². The first-order chi connectivity index (χ1) is 8.29. The Bertz CT molecular complexity index is 465. The van der Waals surface area contributed by atoms with Crippen molar-refractivity contribution in [2.75, 3.05) is 11.9 Å². The van der Waals surface area contributed by atoms with Gasteiger partial charge in [0.25, 0.3) is 0 Å². The van der Waals surface area contributed by atoms with E-state index in [1.165, 1.54) is 0 Å². The van der Waals surface area contributed by atoms with Crippen LogP contribution in [-0.4, -0.2) is 26.3 Å². The fourth-order valence-corrected chi connectivity index (χ4v) is 2.92. The molecule has 2 aromatic heterocycles. The van der Waals surface area contributed by atoms with Gasteiger partial charge in [0, 0.05) is 26.0 Å². The van der Waals surface area contributed by atoms with Gasteiger partial charge in [-0.1, -0.05) is 30.0 Å². The molecule has 0 saturated heterocycles. The summed E-state index contributed by atoms with van der Waals surface area (Å²) in [7, 11) is 1.99. The number of anilines is 1. The molecule has 0 atom stereocenters. The zero-order chi connectivity index (χ0) is 12.1. The van der Waals surface area contributed by atoms with Gasteiger partial charge in [-0.25, -0.2) is 4.98 Å². The summed E-state index contributed by atoms with van der Waals surface area (Å²) in [5.74, 6) is 0.816. The van der Waals surface area contributed by atoms with Crippen molar-refractivity contribution in [2.24, 2.45) is 7.05 Å². The topological polar surface area (TPSA) is 55.6 Å². The Kier molecular flexibility index (Phi) is 4.38. The van der Waals surface area contributed by atoms with Crippen molar-refractivity contribution < 1.29 is 0 Å². The molecule has 0 radical (unpaired) electrons. The summed E-state index contributed by atoms with van der Waals surface area (Å²) in [5, 5.41) is 14.4. The Labute approximate surface area is 109 Å². The summed E-state index contributed by atoms with van der Waals surface area (Å²) in [6.07, 6.45) is 4.84. The van der Waals surface area contributed by atoms with Gasteiger partial charge in [0.1, 0.15) is 5.01 Å². The van der Waals surface area contributed by atoms with Crippen LogP contribution in [0.5, 0.6) is 0 Å². The van der Waals surface area contributed by atoms with Crippen LogP contribution in [0.25, 0.3) is 0 Å². The Morgan fingerprint density at radius 2 is 2.35 bits per heavy atom. The van der Waals surface area contributed by atoms with Gasteiger partial charge in [-0.3, -0.25) is 0 Å². The van der Waals surface area contributed by atoms with Crippen LogP contribution in [0, 0.1) is 0 Å². The van der Waals surface area contributed by atoms with Crippen LogP contribution in [0.15, 0.2) is 17.6 Å². The Hall–Kier alpha value is -1.08. The highest BCUT2D eigenvalue weighted by atomic mass is 32.2. The molecule has 2 rings (SSSR count). The molecule has 0 aromatic carbocycles. The molecule has 0 aliphatic carbocycles. The van der Waals surface area contributed by atoms with Crippen molar-refractivity contribution in [1.29, 1.82) is 0 Å². The maximum Gasteiger partial charge on any atom is 0.205 e. The second-order valence-corrected chi connectivity index (χ2v) is 5.54. The lowest BCUT2D eigenvalue weighted by atomic mass is 10.5. The SMILES string of the molecule is CCCNc1nnc(CSc2nccn2C)s1. The molecule has 0 amide bonds. The number of hydrogen-bond donors (Lipinski definition) is 1. The highest BCUT2D eigenvalue weighted by Crippen LogP contribution is 2.24. The third kappa shape index (κ3) is 3.44. The first-order valence-corrected chi connectivity index (χ1v) is 7.26. The van der Waals surface area contributed by atoms with Gasteiger partial charge in [-0.2, -0.15) is 0 Å². The van der Waals surface area contributed by atoms with Crippen molar-refractivity contribution in [3.63, 3.8) is 0 Å². The van der Waals surface area contributed by atoms with E-state index in [1.807, 2.05) is 17.8 Å². The fraction of sp³-hybridized carbons (Fsp3) is 0.500. The number of nitrogens with one attached hydrogen (secondary N) is 1. The summed E-state index contributed by atoms with van der Waals surface area (Å²) >= 11 is 3.29. The maximum absolute atomic E-state index is 4.25. The number of nitrogens with zero attached hydrogens (tertiary/aromatic N) is 4. The predicted molar refractivity (Wildman–Crippen MR) is 71.5 cm³/mol. The third-order valence-corrected chi connectivity index (χ3v) is 4.23. The largest absolute Gasteiger partial charge is 0.360 e. The molecule has 1 N–H and O–H groups in total. The van der Waals surface area contributed by atoms with Crippen LogP contribution in [0.1, 0.15) is 18.4 Å². The van der Waals surface area contributed by atoms with Crippen LogP contribution >= 0.6 is 23.1 Å². The van der Waals surface area contributed by atoms with E-state index in [0.717, 1.165) is 34.0 Å². The lowest BCUT2D eigenvalue weighted by Gasteiger charge is -1.98.